The molecule has 1 unspecified atom stereocenters. The molecule has 0 saturated heterocycles. The molecule has 7 nitrogen and oxygen atoms in total. The van der Waals surface area contributed by atoms with Gasteiger partial charge in [0.05, 0.1) is 17.3 Å². The summed E-state index contributed by atoms with van der Waals surface area (Å²) in [6.07, 6.45) is 0. The monoisotopic (exact) mass is 314 g/mol. The minimum atomic E-state index is -1.27. The Bertz CT molecular complexity index is 561. The van der Waals surface area contributed by atoms with Gasteiger partial charge in [0.25, 0.3) is 0 Å². The molecule has 0 bridgehead atoms. The molecule has 8 heteroatoms. The normalized spacial score (nSPS) is 11.4. The molecule has 1 aromatic carbocycles. The van der Waals surface area contributed by atoms with Gasteiger partial charge in [-0.2, -0.15) is 0 Å². The summed E-state index contributed by atoms with van der Waals surface area (Å²) in [6.45, 7) is 3.30. The lowest BCUT2D eigenvalue weighted by molar-refractivity contribution is -0.144. The Morgan fingerprint density at radius 2 is 2.05 bits per heavy atom. The predicted octanol–water partition coefficient (Wildman–Crippen LogP) is 2.11. The maximum atomic E-state index is 11.8. The molecule has 1 aromatic rings. The quantitative estimate of drug-likeness (QED) is 0.722. The molecule has 0 aliphatic rings. The number of carbonyl (C=O) groups excluding carboxylic acids is 2. The fourth-order valence-electron chi connectivity index (χ4n) is 1.53. The number of carboxylic acids is 1. The summed E-state index contributed by atoms with van der Waals surface area (Å²) in [4.78, 5) is 34.2. The van der Waals surface area contributed by atoms with Gasteiger partial charge >= 0.3 is 18.0 Å². The van der Waals surface area contributed by atoms with Crippen molar-refractivity contribution in [3.8, 4) is 0 Å². The fourth-order valence-corrected chi connectivity index (χ4v) is 1.78. The van der Waals surface area contributed by atoms with E-state index in [1.165, 1.54) is 25.1 Å². The molecule has 3 N–H and O–H groups in total. The molecule has 0 aliphatic carbocycles. The predicted molar refractivity (Wildman–Crippen MR) is 76.7 cm³/mol. The Labute approximate surface area is 126 Å². The molecule has 0 saturated carbocycles. The number of halogens is 1. The van der Waals surface area contributed by atoms with E-state index >= 15 is 0 Å². The van der Waals surface area contributed by atoms with E-state index < -0.39 is 24.0 Å². The van der Waals surface area contributed by atoms with Crippen molar-refractivity contribution in [3.05, 3.63) is 28.8 Å². The van der Waals surface area contributed by atoms with Gasteiger partial charge in [-0.3, -0.25) is 0 Å². The Kier molecular flexibility index (Phi) is 5.98. The number of carboxylic acid groups (broad SMARTS) is 1. The highest BCUT2D eigenvalue weighted by Crippen LogP contribution is 2.24. The van der Waals surface area contributed by atoms with Crippen LogP contribution in [0.1, 0.15) is 24.2 Å². The lowest BCUT2D eigenvalue weighted by Crippen LogP contribution is -2.42. The Morgan fingerprint density at radius 1 is 1.38 bits per heavy atom. The second kappa shape index (κ2) is 7.49. The van der Waals surface area contributed by atoms with E-state index in [1.807, 2.05) is 0 Å². The molecule has 1 atom stereocenters. The van der Waals surface area contributed by atoms with Gasteiger partial charge < -0.3 is 20.5 Å². The number of ether oxygens (including phenoxy) is 1. The molecule has 114 valence electrons. The smallest absolute Gasteiger partial charge is 0.339 e. The second-order valence-electron chi connectivity index (χ2n) is 4.04. The van der Waals surface area contributed by atoms with Crippen molar-refractivity contribution in [3.63, 3.8) is 0 Å². The molecule has 0 aliphatic heterocycles. The first-order valence-electron chi connectivity index (χ1n) is 6.12. The van der Waals surface area contributed by atoms with Gasteiger partial charge in [-0.25, -0.2) is 14.4 Å². The van der Waals surface area contributed by atoms with Gasteiger partial charge in [-0.1, -0.05) is 17.7 Å². The molecule has 2 amide bonds. The van der Waals surface area contributed by atoms with Crippen LogP contribution in [0.3, 0.4) is 0 Å². The largest absolute Gasteiger partial charge is 0.478 e. The van der Waals surface area contributed by atoms with Crippen LogP contribution in [0.2, 0.25) is 5.02 Å². The average molecular weight is 315 g/mol. The third-order valence-electron chi connectivity index (χ3n) is 2.46. The summed E-state index contributed by atoms with van der Waals surface area (Å²) in [6, 6.07) is 2.69. The number of amides is 2. The van der Waals surface area contributed by atoms with E-state index in [2.05, 4.69) is 10.6 Å². The van der Waals surface area contributed by atoms with Gasteiger partial charge in [0.15, 0.2) is 0 Å². The highest BCUT2D eigenvalue weighted by molar-refractivity contribution is 6.34. The lowest BCUT2D eigenvalue weighted by Gasteiger charge is -2.14. The van der Waals surface area contributed by atoms with E-state index in [0.29, 0.717) is 0 Å². The van der Waals surface area contributed by atoms with E-state index in [9.17, 15) is 14.4 Å². The number of anilines is 1. The summed E-state index contributed by atoms with van der Waals surface area (Å²) >= 11 is 5.78. The van der Waals surface area contributed by atoms with E-state index in [0.717, 1.165) is 0 Å². The van der Waals surface area contributed by atoms with Crippen LogP contribution in [-0.4, -0.2) is 35.7 Å². The molecule has 21 heavy (non-hydrogen) atoms. The first kappa shape index (κ1) is 16.8. The number of benzene rings is 1. The molecule has 1 rings (SSSR count). The van der Waals surface area contributed by atoms with Gasteiger partial charge in [0.2, 0.25) is 0 Å². The third-order valence-corrected chi connectivity index (χ3v) is 2.78. The van der Waals surface area contributed by atoms with Crippen LogP contribution < -0.4 is 10.6 Å². The molecule has 0 heterocycles. The Hall–Kier alpha value is -2.28. The van der Waals surface area contributed by atoms with E-state index in [4.69, 9.17) is 21.4 Å². The molecular formula is C13H15ClN2O5. The maximum Gasteiger partial charge on any atom is 0.339 e. The Morgan fingerprint density at radius 3 is 2.62 bits per heavy atom. The van der Waals surface area contributed by atoms with Crippen molar-refractivity contribution in [2.75, 3.05) is 11.9 Å². The molecule has 0 fully saturated rings. The van der Waals surface area contributed by atoms with Gasteiger partial charge in [-0.15, -0.1) is 0 Å². The molecule has 0 aromatic heterocycles. The first-order chi connectivity index (χ1) is 9.86. The zero-order valence-electron chi connectivity index (χ0n) is 11.5. The van der Waals surface area contributed by atoms with Crippen molar-refractivity contribution in [2.24, 2.45) is 0 Å². The summed E-state index contributed by atoms with van der Waals surface area (Å²) in [7, 11) is 0. The maximum absolute atomic E-state index is 11.8. The number of hydrogen-bond acceptors (Lipinski definition) is 4. The number of esters is 1. The number of aromatic carboxylic acids is 1. The Balaban J connectivity index is 2.78. The third kappa shape index (κ3) is 4.64. The molecule has 0 radical (unpaired) electrons. The van der Waals surface area contributed by atoms with Crippen LogP contribution in [0.4, 0.5) is 10.5 Å². The zero-order valence-corrected chi connectivity index (χ0v) is 12.2. The standard InChI is InChI=1S/C13H15ClN2O5/c1-3-21-12(19)7(2)15-13(20)16-9-6-4-5-8(14)10(9)11(17)18/h4-7H,3H2,1-2H3,(H,17,18)(H2,15,16,20). The second-order valence-corrected chi connectivity index (χ2v) is 4.45. The first-order valence-corrected chi connectivity index (χ1v) is 6.50. The number of rotatable bonds is 5. The van der Waals surface area contributed by atoms with Crippen molar-refractivity contribution >= 4 is 35.3 Å². The lowest BCUT2D eigenvalue weighted by atomic mass is 10.2. The molecule has 0 spiro atoms. The van der Waals surface area contributed by atoms with Crippen LogP contribution in [0.5, 0.6) is 0 Å². The fraction of sp³-hybridized carbons (Fsp3) is 0.308. The molecular weight excluding hydrogens is 300 g/mol. The van der Waals surface area contributed by atoms with Crippen LogP contribution >= 0.6 is 11.6 Å². The minimum Gasteiger partial charge on any atom is -0.478 e. The summed E-state index contributed by atoms with van der Waals surface area (Å²) in [5.41, 5.74) is -0.193. The van der Waals surface area contributed by atoms with E-state index in [1.54, 1.807) is 6.92 Å². The zero-order chi connectivity index (χ0) is 16.0. The SMILES string of the molecule is CCOC(=O)C(C)NC(=O)Nc1cccc(Cl)c1C(=O)O. The van der Waals surface area contributed by atoms with Gasteiger partial charge in [0, 0.05) is 0 Å². The van der Waals surface area contributed by atoms with E-state index in [-0.39, 0.29) is 22.9 Å². The highest BCUT2D eigenvalue weighted by atomic mass is 35.5. The number of nitrogens with one attached hydrogen (secondary N) is 2. The van der Waals surface area contributed by atoms with Crippen LogP contribution in [0, 0.1) is 0 Å². The summed E-state index contributed by atoms with van der Waals surface area (Å²) in [5, 5.41) is 13.7. The highest BCUT2D eigenvalue weighted by Gasteiger charge is 2.19. The summed E-state index contributed by atoms with van der Waals surface area (Å²) < 4.78 is 4.74. The van der Waals surface area contributed by atoms with Crippen molar-refractivity contribution < 1.29 is 24.2 Å². The number of carbonyl (C=O) groups is 3. The number of hydrogen-bond donors (Lipinski definition) is 3. The van der Waals surface area contributed by atoms with Crippen LogP contribution in [-0.2, 0) is 9.53 Å². The van der Waals surface area contributed by atoms with Gasteiger partial charge in [-0.05, 0) is 26.0 Å². The van der Waals surface area contributed by atoms with Crippen LogP contribution in [0.15, 0.2) is 18.2 Å². The average Bonchev–Trinajstić information content (AvgIpc) is 2.38. The summed E-state index contributed by atoms with van der Waals surface area (Å²) in [5.74, 6) is -1.86. The van der Waals surface area contributed by atoms with Crippen LogP contribution in [0.25, 0.3) is 0 Å². The van der Waals surface area contributed by atoms with Crippen molar-refractivity contribution in [2.45, 2.75) is 19.9 Å². The van der Waals surface area contributed by atoms with Crippen molar-refractivity contribution in [1.29, 1.82) is 0 Å². The minimum absolute atomic E-state index is 0.00117. The topological polar surface area (TPSA) is 105 Å². The van der Waals surface area contributed by atoms with Gasteiger partial charge in [0.1, 0.15) is 11.6 Å². The number of urea groups is 1. The van der Waals surface area contributed by atoms with Crippen molar-refractivity contribution in [1.82, 2.24) is 5.32 Å².